The van der Waals surface area contributed by atoms with Crippen molar-refractivity contribution in [1.82, 2.24) is 33.8 Å². The second-order valence-electron chi connectivity index (χ2n) is 9.56. The van der Waals surface area contributed by atoms with Gasteiger partial charge in [0.2, 0.25) is 16.0 Å². The molecule has 0 saturated carbocycles. The smallest absolute Gasteiger partial charge is 0.327 e. The van der Waals surface area contributed by atoms with Gasteiger partial charge in [0.25, 0.3) is 0 Å². The number of carbonyl (C=O) groups is 1. The minimum absolute atomic E-state index is 0.00167. The molecule has 0 unspecified atom stereocenters. The van der Waals surface area contributed by atoms with E-state index in [1.807, 2.05) is 18.4 Å². The third-order valence-corrected chi connectivity index (χ3v) is 9.38. The number of nitrogens with one attached hydrogen (secondary N) is 1. The average molecular weight is 584 g/mol. The number of hydrogen-bond donors (Lipinski definition) is 1. The van der Waals surface area contributed by atoms with Crippen molar-refractivity contribution in [3.8, 4) is 17.3 Å². The number of rotatable bonds is 12. The number of fused-ring (bicyclic) bond motifs is 1. The van der Waals surface area contributed by atoms with Crippen molar-refractivity contribution >= 4 is 49.2 Å². The molecule has 0 aromatic carbocycles. The van der Waals surface area contributed by atoms with Crippen LogP contribution in [0, 0.1) is 11.3 Å². The van der Waals surface area contributed by atoms with E-state index >= 15 is 0 Å². The Labute approximate surface area is 235 Å². The van der Waals surface area contributed by atoms with E-state index in [1.54, 1.807) is 36.4 Å². The number of hydrogen-bond acceptors (Lipinski definition) is 11. The summed E-state index contributed by atoms with van der Waals surface area (Å²) in [5, 5.41) is 23.3. The van der Waals surface area contributed by atoms with Crippen LogP contribution in [0.2, 0.25) is 0 Å². The van der Waals surface area contributed by atoms with Gasteiger partial charge in [-0.25, -0.2) is 18.4 Å². The van der Waals surface area contributed by atoms with Gasteiger partial charge in [-0.15, -0.1) is 11.3 Å². The van der Waals surface area contributed by atoms with E-state index in [9.17, 15) is 18.5 Å². The fourth-order valence-corrected chi connectivity index (χ4v) is 6.53. The van der Waals surface area contributed by atoms with Crippen molar-refractivity contribution in [2.24, 2.45) is 0 Å². The summed E-state index contributed by atoms with van der Waals surface area (Å²) in [7, 11) is -3.35. The molecule has 210 valence electrons. The predicted octanol–water partition coefficient (Wildman–Crippen LogP) is 3.11. The second-order valence-corrected chi connectivity index (χ2v) is 12.7. The molecule has 15 heteroatoms. The zero-order valence-electron chi connectivity index (χ0n) is 22.1. The molecule has 13 nitrogen and oxygen atoms in total. The zero-order chi connectivity index (χ0) is 28.3. The van der Waals surface area contributed by atoms with E-state index in [1.165, 1.54) is 20.3 Å². The molecule has 1 N–H and O–H groups in total. The Hall–Kier alpha value is -3.87. The van der Waals surface area contributed by atoms with Gasteiger partial charge in [0.1, 0.15) is 12.1 Å². The molecule has 0 radical (unpaired) electrons. The number of unbranched alkanes of at least 4 members (excludes halogenated alkanes) is 1. The maximum atomic E-state index is 12.3. The molecule has 1 aliphatic heterocycles. The molecule has 40 heavy (non-hydrogen) atoms. The average Bonchev–Trinajstić information content (AvgIpc) is 3.67. The van der Waals surface area contributed by atoms with Crippen LogP contribution in [0.3, 0.4) is 0 Å². The number of thiophene rings is 1. The van der Waals surface area contributed by atoms with Crippen LogP contribution in [0.25, 0.3) is 21.5 Å². The largest absolute Gasteiger partial charge is 0.464 e. The van der Waals surface area contributed by atoms with Crippen LogP contribution >= 0.6 is 11.3 Å². The normalized spacial score (nSPS) is 15.0. The van der Waals surface area contributed by atoms with Gasteiger partial charge in [-0.05, 0) is 24.8 Å². The first kappa shape index (κ1) is 27.7. The molecule has 0 bridgehead atoms. The Morgan fingerprint density at radius 2 is 2.05 bits per heavy atom. The lowest BCUT2D eigenvalue weighted by atomic mass is 9.89. The van der Waals surface area contributed by atoms with E-state index in [0.29, 0.717) is 23.9 Å². The number of nitriles is 1. The van der Waals surface area contributed by atoms with Gasteiger partial charge in [-0.3, -0.25) is 14.2 Å². The minimum Gasteiger partial charge on any atom is -0.464 e. The molecule has 1 aliphatic rings. The summed E-state index contributed by atoms with van der Waals surface area (Å²) in [6.45, 7) is 4.41. The van der Waals surface area contributed by atoms with Crippen molar-refractivity contribution < 1.29 is 17.9 Å². The van der Waals surface area contributed by atoms with Crippen LogP contribution in [0.5, 0.6) is 0 Å². The first-order valence-corrected chi connectivity index (χ1v) is 15.4. The number of esters is 1. The van der Waals surface area contributed by atoms with Crippen LogP contribution < -0.4 is 5.32 Å². The van der Waals surface area contributed by atoms with E-state index < -0.39 is 15.6 Å². The number of nitrogens with zero attached hydrogens (tertiary/aromatic N) is 8. The number of carbonyl (C=O) groups excluding carboxylic acids is 1. The number of anilines is 2. The summed E-state index contributed by atoms with van der Waals surface area (Å²) < 4.78 is 35.2. The summed E-state index contributed by atoms with van der Waals surface area (Å²) >= 11 is 1.50. The molecule has 4 aromatic rings. The third kappa shape index (κ3) is 5.55. The highest BCUT2D eigenvalue weighted by molar-refractivity contribution is 7.89. The van der Waals surface area contributed by atoms with Gasteiger partial charge in [0, 0.05) is 31.0 Å². The van der Waals surface area contributed by atoms with Crippen LogP contribution in [-0.4, -0.2) is 73.7 Å². The van der Waals surface area contributed by atoms with Gasteiger partial charge in [0.05, 0.1) is 58.8 Å². The van der Waals surface area contributed by atoms with Gasteiger partial charge < -0.3 is 10.1 Å². The first-order chi connectivity index (χ1) is 19.3. The lowest BCUT2D eigenvalue weighted by Gasteiger charge is -2.47. The van der Waals surface area contributed by atoms with E-state index in [0.717, 1.165) is 28.6 Å². The summed E-state index contributed by atoms with van der Waals surface area (Å²) in [6.07, 6.45) is 8.63. The Balaban J connectivity index is 1.37. The molecule has 5 heterocycles. The topological polar surface area (TPSA) is 161 Å². The third-order valence-electron chi connectivity index (χ3n) is 6.69. The first-order valence-electron chi connectivity index (χ1n) is 12.9. The van der Waals surface area contributed by atoms with Crippen molar-refractivity contribution in [3.63, 3.8) is 0 Å². The Bertz CT molecular complexity index is 1660. The van der Waals surface area contributed by atoms with Crippen LogP contribution in [0.15, 0.2) is 36.2 Å². The van der Waals surface area contributed by atoms with Crippen molar-refractivity contribution in [2.45, 2.75) is 45.2 Å². The number of ether oxygens (including phenoxy) is 1. The maximum Gasteiger partial charge on any atom is 0.327 e. The Morgan fingerprint density at radius 3 is 2.80 bits per heavy atom. The summed E-state index contributed by atoms with van der Waals surface area (Å²) in [6, 6.07) is 4.08. The summed E-state index contributed by atoms with van der Waals surface area (Å²) in [5.41, 5.74) is 2.00. The number of sulfonamides is 1. The van der Waals surface area contributed by atoms with Gasteiger partial charge in [-0.2, -0.15) is 19.8 Å². The molecule has 0 aliphatic carbocycles. The quantitative estimate of drug-likeness (QED) is 0.194. The van der Waals surface area contributed by atoms with Crippen LogP contribution in [0.4, 0.5) is 11.6 Å². The Kier molecular flexibility index (Phi) is 7.83. The minimum atomic E-state index is -3.35. The molecule has 1 saturated heterocycles. The van der Waals surface area contributed by atoms with Crippen LogP contribution in [0.1, 0.15) is 33.1 Å². The Morgan fingerprint density at radius 1 is 1.23 bits per heavy atom. The SMILES string of the molecule is CCCCOC(=O)Cn1cc(Nc2nc(-c3cnn(C4(CC#N)CN(S(=O)(=O)CC)C4)c3)c3sccc3n2)cn1. The maximum absolute atomic E-state index is 12.3. The lowest BCUT2D eigenvalue weighted by molar-refractivity contribution is -0.144. The van der Waals surface area contributed by atoms with E-state index in [-0.39, 0.29) is 37.8 Å². The highest BCUT2D eigenvalue weighted by Crippen LogP contribution is 2.37. The van der Waals surface area contributed by atoms with E-state index in [4.69, 9.17) is 9.72 Å². The van der Waals surface area contributed by atoms with Gasteiger partial charge in [0.15, 0.2) is 0 Å². The summed E-state index contributed by atoms with van der Waals surface area (Å²) in [4.78, 5) is 21.4. The molecule has 5 rings (SSSR count). The zero-order valence-corrected chi connectivity index (χ0v) is 23.8. The lowest BCUT2D eigenvalue weighted by Crippen LogP contribution is -2.64. The van der Waals surface area contributed by atoms with Crippen molar-refractivity contribution in [2.75, 3.05) is 30.8 Å². The van der Waals surface area contributed by atoms with Crippen molar-refractivity contribution in [3.05, 3.63) is 36.2 Å². The molecule has 1 fully saturated rings. The molecular formula is C25H29N9O4S2. The number of aromatic nitrogens is 6. The van der Waals surface area contributed by atoms with E-state index in [2.05, 4.69) is 26.6 Å². The standard InChI is InChI=1S/C25H29N9O4S2/c1-3-5-9-38-21(35)15-32-14-19(12-27-32)29-24-30-20-6-10-39-23(20)22(31-24)18-11-28-34(13-18)25(7-8-26)16-33(17-25)40(36,37)4-2/h6,10-14H,3-5,7,9,15-17H2,1-2H3,(H,29,30,31). The molecule has 4 aromatic heterocycles. The molecule has 0 amide bonds. The summed E-state index contributed by atoms with van der Waals surface area (Å²) in [5.74, 6) is -0.00152. The molecule has 0 atom stereocenters. The van der Waals surface area contributed by atoms with Crippen molar-refractivity contribution in [1.29, 1.82) is 5.26 Å². The highest BCUT2D eigenvalue weighted by Gasteiger charge is 2.49. The highest BCUT2D eigenvalue weighted by atomic mass is 32.2. The predicted molar refractivity (Wildman–Crippen MR) is 149 cm³/mol. The van der Waals surface area contributed by atoms with Gasteiger partial charge in [-0.1, -0.05) is 13.3 Å². The fraction of sp³-hybridized carbons (Fsp3) is 0.440. The van der Waals surface area contributed by atoms with Gasteiger partial charge >= 0.3 is 5.97 Å². The molecular weight excluding hydrogens is 554 g/mol. The second kappa shape index (κ2) is 11.3. The molecule has 0 spiro atoms. The fourth-order valence-electron chi connectivity index (χ4n) is 4.45. The van der Waals surface area contributed by atoms with Crippen LogP contribution in [-0.2, 0) is 31.6 Å². The monoisotopic (exact) mass is 583 g/mol.